The molecule has 0 aliphatic heterocycles. The molecule has 160 valence electrons. The predicted molar refractivity (Wildman–Crippen MR) is 114 cm³/mol. The third kappa shape index (κ3) is 4.98. The maximum absolute atomic E-state index is 12.4. The molecule has 0 bridgehead atoms. The van der Waals surface area contributed by atoms with E-state index in [0.717, 1.165) is 24.4 Å². The van der Waals surface area contributed by atoms with Gasteiger partial charge in [-0.3, -0.25) is 4.79 Å². The van der Waals surface area contributed by atoms with Crippen LogP contribution in [0.2, 0.25) is 0 Å². The van der Waals surface area contributed by atoms with Gasteiger partial charge < -0.3 is 9.88 Å². The van der Waals surface area contributed by atoms with Crippen LogP contribution in [0.4, 0.5) is 0 Å². The Balaban J connectivity index is 1.69. The molecule has 7 nitrogen and oxygen atoms in total. The Labute approximate surface area is 173 Å². The van der Waals surface area contributed by atoms with E-state index < -0.39 is 10.0 Å². The number of carbonyl (C=O) groups is 1. The van der Waals surface area contributed by atoms with Gasteiger partial charge in [-0.25, -0.2) is 17.7 Å². The first-order valence-electron chi connectivity index (χ1n) is 10.5. The number of sulfonamides is 1. The van der Waals surface area contributed by atoms with Crippen LogP contribution < -0.4 is 5.32 Å². The molecule has 1 aromatic carbocycles. The van der Waals surface area contributed by atoms with Gasteiger partial charge in [0.2, 0.25) is 15.9 Å². The number of hydrogen-bond acceptors (Lipinski definition) is 4. The number of nitrogens with zero attached hydrogens (tertiary/aromatic N) is 3. The van der Waals surface area contributed by atoms with E-state index in [2.05, 4.69) is 14.9 Å². The Morgan fingerprint density at radius 1 is 1.24 bits per heavy atom. The van der Waals surface area contributed by atoms with Crippen LogP contribution in [0, 0.1) is 5.92 Å². The topological polar surface area (TPSA) is 84.3 Å². The van der Waals surface area contributed by atoms with Gasteiger partial charge in [0.25, 0.3) is 0 Å². The Morgan fingerprint density at radius 3 is 2.62 bits per heavy atom. The summed E-state index contributed by atoms with van der Waals surface area (Å²) in [6.07, 6.45) is 7.20. The molecule has 0 saturated heterocycles. The summed E-state index contributed by atoms with van der Waals surface area (Å²) in [5.41, 5.74) is 1.54. The minimum absolute atomic E-state index is 0.0566. The van der Waals surface area contributed by atoms with E-state index in [4.69, 9.17) is 0 Å². The van der Waals surface area contributed by atoms with E-state index in [9.17, 15) is 13.2 Å². The zero-order valence-electron chi connectivity index (χ0n) is 17.6. The first-order chi connectivity index (χ1) is 13.8. The second kappa shape index (κ2) is 9.26. The van der Waals surface area contributed by atoms with Gasteiger partial charge in [-0.05, 0) is 43.9 Å². The maximum atomic E-state index is 12.4. The van der Waals surface area contributed by atoms with Crippen molar-refractivity contribution in [2.45, 2.75) is 63.3 Å². The van der Waals surface area contributed by atoms with Crippen LogP contribution in [-0.2, 0) is 27.8 Å². The maximum Gasteiger partial charge on any atom is 0.242 e. The molecule has 0 unspecified atom stereocenters. The Kier molecular flexibility index (Phi) is 6.95. The molecule has 29 heavy (non-hydrogen) atoms. The fourth-order valence-electron chi connectivity index (χ4n) is 4.04. The average Bonchev–Trinajstić information content (AvgIpc) is 3.08. The molecular formula is C21H32N4O3S. The Hall–Kier alpha value is -1.93. The van der Waals surface area contributed by atoms with E-state index >= 15 is 0 Å². The fourth-order valence-corrected chi connectivity index (χ4v) is 4.96. The highest BCUT2D eigenvalue weighted by atomic mass is 32.2. The van der Waals surface area contributed by atoms with Gasteiger partial charge >= 0.3 is 0 Å². The standard InChI is InChI=1S/C21H32N4O3S/c1-4-25-19-11-10-17(29(27,28)24(2)3)14-18(19)23-20(25)12-13-21(26)22-15-16-8-6-5-7-9-16/h10-11,14,16H,4-9,12-13,15H2,1-3H3,(H,22,26). The SMILES string of the molecule is CCn1c(CCC(=O)NCC2CCCCC2)nc2cc(S(=O)(=O)N(C)C)ccc21. The number of imidazole rings is 1. The lowest BCUT2D eigenvalue weighted by Crippen LogP contribution is -2.30. The van der Waals surface area contributed by atoms with Crippen LogP contribution in [0.1, 0.15) is 51.3 Å². The minimum Gasteiger partial charge on any atom is -0.356 e. The number of fused-ring (bicyclic) bond motifs is 1. The molecule has 1 amide bonds. The van der Waals surface area contributed by atoms with Crippen molar-refractivity contribution in [2.24, 2.45) is 5.92 Å². The van der Waals surface area contributed by atoms with Crippen molar-refractivity contribution in [1.29, 1.82) is 0 Å². The molecule has 1 N–H and O–H groups in total. The summed E-state index contributed by atoms with van der Waals surface area (Å²) >= 11 is 0. The average molecular weight is 421 g/mol. The number of nitrogens with one attached hydrogen (secondary N) is 1. The van der Waals surface area contributed by atoms with Crippen molar-refractivity contribution >= 4 is 27.0 Å². The number of hydrogen-bond donors (Lipinski definition) is 1. The van der Waals surface area contributed by atoms with E-state index in [0.29, 0.717) is 24.3 Å². The van der Waals surface area contributed by atoms with Crippen LogP contribution in [0.3, 0.4) is 0 Å². The first-order valence-corrected chi connectivity index (χ1v) is 11.9. The molecule has 1 aromatic heterocycles. The van der Waals surface area contributed by atoms with Gasteiger partial charge in [0, 0.05) is 40.0 Å². The van der Waals surface area contributed by atoms with Crippen molar-refractivity contribution in [3.8, 4) is 0 Å². The quantitative estimate of drug-likeness (QED) is 0.712. The zero-order chi connectivity index (χ0) is 21.0. The van der Waals surface area contributed by atoms with Gasteiger partial charge in [0.15, 0.2) is 0 Å². The zero-order valence-corrected chi connectivity index (χ0v) is 18.5. The smallest absolute Gasteiger partial charge is 0.242 e. The minimum atomic E-state index is -3.50. The summed E-state index contributed by atoms with van der Waals surface area (Å²) in [4.78, 5) is 17.2. The summed E-state index contributed by atoms with van der Waals surface area (Å²) in [6, 6.07) is 5.03. The second-order valence-corrected chi connectivity index (χ2v) is 10.2. The summed E-state index contributed by atoms with van der Waals surface area (Å²) < 4.78 is 28.0. The first kappa shape index (κ1) is 21.8. The molecule has 1 heterocycles. The van der Waals surface area contributed by atoms with Crippen molar-refractivity contribution in [3.05, 3.63) is 24.0 Å². The number of carbonyl (C=O) groups excluding carboxylic acids is 1. The predicted octanol–water partition coefficient (Wildman–Crippen LogP) is 2.94. The second-order valence-electron chi connectivity index (χ2n) is 8.02. The lowest BCUT2D eigenvalue weighted by atomic mass is 9.89. The number of benzene rings is 1. The van der Waals surface area contributed by atoms with Crippen molar-refractivity contribution in [3.63, 3.8) is 0 Å². The molecule has 0 radical (unpaired) electrons. The summed E-state index contributed by atoms with van der Waals surface area (Å²) in [5.74, 6) is 1.49. The van der Waals surface area contributed by atoms with Crippen molar-refractivity contribution in [1.82, 2.24) is 19.2 Å². The third-order valence-corrected chi connectivity index (χ3v) is 7.59. The molecule has 8 heteroatoms. The van der Waals surface area contributed by atoms with Crippen LogP contribution in [-0.4, -0.2) is 48.8 Å². The Bertz CT molecular complexity index is 960. The molecule has 1 fully saturated rings. The molecular weight excluding hydrogens is 388 g/mol. The molecule has 0 atom stereocenters. The molecule has 1 saturated carbocycles. The largest absolute Gasteiger partial charge is 0.356 e. The normalized spacial score (nSPS) is 15.9. The fraction of sp³-hybridized carbons (Fsp3) is 0.619. The molecule has 1 aliphatic rings. The van der Waals surface area contributed by atoms with Gasteiger partial charge in [-0.1, -0.05) is 19.3 Å². The van der Waals surface area contributed by atoms with Crippen LogP contribution in [0.5, 0.6) is 0 Å². The van der Waals surface area contributed by atoms with E-state index in [1.54, 1.807) is 18.2 Å². The van der Waals surface area contributed by atoms with Crippen molar-refractivity contribution < 1.29 is 13.2 Å². The summed E-state index contributed by atoms with van der Waals surface area (Å²) in [5, 5.41) is 3.07. The van der Waals surface area contributed by atoms with Crippen molar-refractivity contribution in [2.75, 3.05) is 20.6 Å². The van der Waals surface area contributed by atoms with Gasteiger partial charge in [-0.15, -0.1) is 0 Å². The lowest BCUT2D eigenvalue weighted by Gasteiger charge is -2.21. The van der Waals surface area contributed by atoms with Gasteiger partial charge in [0.05, 0.1) is 15.9 Å². The van der Waals surface area contributed by atoms with Gasteiger partial charge in [0.1, 0.15) is 5.82 Å². The van der Waals surface area contributed by atoms with Gasteiger partial charge in [-0.2, -0.15) is 0 Å². The number of amides is 1. The highest BCUT2D eigenvalue weighted by molar-refractivity contribution is 7.89. The number of aryl methyl sites for hydroxylation is 2. The lowest BCUT2D eigenvalue weighted by molar-refractivity contribution is -0.121. The summed E-state index contributed by atoms with van der Waals surface area (Å²) in [6.45, 7) is 3.52. The highest BCUT2D eigenvalue weighted by Gasteiger charge is 2.20. The third-order valence-electron chi connectivity index (χ3n) is 5.78. The molecule has 3 rings (SSSR count). The monoisotopic (exact) mass is 420 g/mol. The highest BCUT2D eigenvalue weighted by Crippen LogP contribution is 2.24. The molecule has 1 aliphatic carbocycles. The van der Waals surface area contributed by atoms with E-state index in [-0.39, 0.29) is 10.8 Å². The summed E-state index contributed by atoms with van der Waals surface area (Å²) in [7, 11) is -0.472. The number of rotatable bonds is 8. The Morgan fingerprint density at radius 2 is 1.97 bits per heavy atom. The van der Waals surface area contributed by atoms with Crippen LogP contribution in [0.25, 0.3) is 11.0 Å². The van der Waals surface area contributed by atoms with Crippen LogP contribution in [0.15, 0.2) is 23.1 Å². The molecule has 2 aromatic rings. The number of aromatic nitrogens is 2. The van der Waals surface area contributed by atoms with E-state index in [1.807, 2.05) is 6.92 Å². The van der Waals surface area contributed by atoms with Crippen LogP contribution >= 0.6 is 0 Å². The molecule has 0 spiro atoms. The van der Waals surface area contributed by atoms with E-state index in [1.165, 1.54) is 50.5 Å².